The Morgan fingerprint density at radius 1 is 0.385 bits per heavy atom. The Bertz CT molecular complexity index is 4130. The van der Waals surface area contributed by atoms with Gasteiger partial charge in [0.1, 0.15) is 22.3 Å². The molecule has 6 heterocycles. The number of rotatable bonds is 4. The molecule has 2 aromatic heterocycles. The number of nitrogens with zero attached hydrogens (tertiary/aromatic N) is 4. The van der Waals surface area contributed by atoms with Crippen molar-refractivity contribution in [1.82, 2.24) is 0 Å². The van der Waals surface area contributed by atoms with Gasteiger partial charge in [0.15, 0.2) is 0 Å². The van der Waals surface area contributed by atoms with Crippen molar-refractivity contribution in [3.05, 3.63) is 199 Å². The molecular weight excluding hydrogens is 952 g/mol. The fourth-order valence-corrected chi connectivity index (χ4v) is 17.0. The summed E-state index contributed by atoms with van der Waals surface area (Å²) in [5.41, 5.74) is 23.6. The maximum atomic E-state index is 6.74. The minimum atomic E-state index is -0.100. The second-order valence-corrected chi connectivity index (χ2v) is 24.6. The van der Waals surface area contributed by atoms with Crippen LogP contribution in [0.3, 0.4) is 0 Å². The summed E-state index contributed by atoms with van der Waals surface area (Å²) in [5.74, 6) is 0. The lowest BCUT2D eigenvalue weighted by atomic mass is 9.33. The maximum Gasteiger partial charge on any atom is 0.252 e. The van der Waals surface area contributed by atoms with E-state index in [9.17, 15) is 0 Å². The van der Waals surface area contributed by atoms with E-state index in [2.05, 4.69) is 236 Å². The predicted molar refractivity (Wildman–Crippen MR) is 325 cm³/mol. The second kappa shape index (κ2) is 15.5. The standard InChI is InChI=1S/C71H61BN4O2/c1-44-40-59-67-60(41-44)74(56-27-19-31-64-66(56)48-21-7-13-29-62(48)78-64)58-43-46(76-54-25-11-9-23-50(54)69(3)37-15-17-39-71(69,76)5)33-35-52(58)72(67)51-34-32-45(75-53-24-10-8-22-49(53)68(2)36-14-16-38-70(68,75)4)42-57(51)73(59)55-26-18-30-63-65(55)47-20-6-12-28-61(47)77-63/h6-13,18-35,40-43H,14-17,36-39H2,1-5H3. The van der Waals surface area contributed by atoms with Crippen LogP contribution < -0.4 is 36.0 Å². The van der Waals surface area contributed by atoms with Gasteiger partial charge in [0.25, 0.3) is 6.71 Å². The normalized spacial score (nSPS) is 23.6. The zero-order valence-electron chi connectivity index (χ0n) is 45.2. The summed E-state index contributed by atoms with van der Waals surface area (Å²) in [7, 11) is 0. The first-order valence-electron chi connectivity index (χ1n) is 28.7. The first-order valence-corrected chi connectivity index (χ1v) is 28.7. The van der Waals surface area contributed by atoms with Gasteiger partial charge in [-0.2, -0.15) is 0 Å². The van der Waals surface area contributed by atoms with Crippen LogP contribution in [0.25, 0.3) is 43.9 Å². The van der Waals surface area contributed by atoms with Crippen molar-refractivity contribution in [2.75, 3.05) is 19.6 Å². The predicted octanol–water partition coefficient (Wildman–Crippen LogP) is 17.4. The van der Waals surface area contributed by atoms with Gasteiger partial charge in [-0.05, 0) is 164 Å². The average Bonchev–Trinajstić information content (AvgIpc) is 3.41. The largest absolute Gasteiger partial charge is 0.456 e. The molecule has 17 rings (SSSR count). The Labute approximate surface area is 456 Å². The lowest BCUT2D eigenvalue weighted by Crippen LogP contribution is -2.61. The van der Waals surface area contributed by atoms with Crippen LogP contribution in [0, 0.1) is 6.92 Å². The zero-order valence-corrected chi connectivity index (χ0v) is 45.2. The molecule has 2 aliphatic carbocycles. The van der Waals surface area contributed by atoms with E-state index < -0.39 is 0 Å². The van der Waals surface area contributed by atoms with Gasteiger partial charge in [-0.3, -0.25) is 0 Å². The van der Waals surface area contributed by atoms with E-state index >= 15 is 0 Å². The molecule has 0 bridgehead atoms. The Hall–Kier alpha value is -8.16. The van der Waals surface area contributed by atoms with Crippen LogP contribution in [0.2, 0.25) is 0 Å². The third-order valence-corrected chi connectivity index (χ3v) is 21.0. The minimum Gasteiger partial charge on any atom is -0.456 e. The number of benzene rings is 9. The summed E-state index contributed by atoms with van der Waals surface area (Å²) in [6.45, 7) is 12.4. The summed E-state index contributed by atoms with van der Waals surface area (Å²) in [6.07, 6.45) is 9.58. The molecule has 0 amide bonds. The lowest BCUT2D eigenvalue weighted by Gasteiger charge is -2.51. The van der Waals surface area contributed by atoms with Gasteiger partial charge in [0.2, 0.25) is 0 Å². The van der Waals surface area contributed by atoms with E-state index in [4.69, 9.17) is 8.83 Å². The second-order valence-electron chi connectivity index (χ2n) is 24.6. The molecule has 0 N–H and O–H groups in total. The van der Waals surface area contributed by atoms with Gasteiger partial charge in [-0.15, -0.1) is 0 Å². The fraction of sp³-hybridized carbons (Fsp3) is 0.239. The fourth-order valence-electron chi connectivity index (χ4n) is 17.0. The molecule has 6 aliphatic rings. The third-order valence-electron chi connectivity index (χ3n) is 21.0. The van der Waals surface area contributed by atoms with E-state index in [1.807, 2.05) is 0 Å². The molecule has 0 spiro atoms. The topological polar surface area (TPSA) is 39.2 Å². The number of aryl methyl sites for hydroxylation is 1. The average molecular weight is 1010 g/mol. The maximum absolute atomic E-state index is 6.74. The molecule has 78 heavy (non-hydrogen) atoms. The van der Waals surface area contributed by atoms with Crippen molar-refractivity contribution in [2.24, 2.45) is 0 Å². The Balaban J connectivity index is 0.970. The highest BCUT2D eigenvalue weighted by molar-refractivity contribution is 7.00. The monoisotopic (exact) mass is 1010 g/mol. The van der Waals surface area contributed by atoms with E-state index in [0.29, 0.717) is 0 Å². The number of anilines is 10. The van der Waals surface area contributed by atoms with Crippen LogP contribution in [-0.4, -0.2) is 17.8 Å². The number of hydrogen-bond donors (Lipinski definition) is 0. The molecule has 4 unspecified atom stereocenters. The highest BCUT2D eigenvalue weighted by Gasteiger charge is 2.59. The molecule has 2 saturated carbocycles. The zero-order chi connectivity index (χ0) is 52.0. The van der Waals surface area contributed by atoms with Gasteiger partial charge in [0.05, 0.1) is 33.2 Å². The van der Waals surface area contributed by atoms with Gasteiger partial charge in [-0.1, -0.05) is 137 Å². The van der Waals surface area contributed by atoms with Gasteiger partial charge in [-0.25, -0.2) is 0 Å². The quantitative estimate of drug-likeness (QED) is 0.164. The molecule has 4 aliphatic heterocycles. The van der Waals surface area contributed by atoms with E-state index in [0.717, 1.165) is 68.1 Å². The SMILES string of the molecule is Cc1cc2c3c(c1)N(c1cccc4oc5ccccc5c14)c1cc(N4c5ccccc5C5(C)CCCCC45C)ccc1B3c1ccc(N3c4ccccc4C4(C)CCCCC34C)cc1N2c1cccc2oc3ccccc3c12. The Kier molecular flexibility index (Phi) is 8.94. The van der Waals surface area contributed by atoms with Crippen LogP contribution in [0.15, 0.2) is 191 Å². The Morgan fingerprint density at radius 3 is 1.28 bits per heavy atom. The molecule has 11 aromatic rings. The molecule has 6 nitrogen and oxygen atoms in total. The Morgan fingerprint density at radius 2 is 0.795 bits per heavy atom. The van der Waals surface area contributed by atoms with E-state index in [1.54, 1.807) is 0 Å². The molecule has 380 valence electrons. The van der Waals surface area contributed by atoms with Crippen LogP contribution in [-0.2, 0) is 10.8 Å². The first kappa shape index (κ1) is 44.9. The highest BCUT2D eigenvalue weighted by Crippen LogP contribution is 2.63. The summed E-state index contributed by atoms with van der Waals surface area (Å²) < 4.78 is 13.5. The summed E-state index contributed by atoms with van der Waals surface area (Å²) in [5, 5.41) is 4.48. The van der Waals surface area contributed by atoms with Crippen molar-refractivity contribution in [3.8, 4) is 0 Å². The lowest BCUT2D eigenvalue weighted by molar-refractivity contribution is 0.195. The summed E-state index contributed by atoms with van der Waals surface area (Å²) in [4.78, 5) is 10.7. The summed E-state index contributed by atoms with van der Waals surface area (Å²) >= 11 is 0. The van der Waals surface area contributed by atoms with E-state index in [1.165, 1.54) is 117 Å². The number of hydrogen-bond acceptors (Lipinski definition) is 6. The van der Waals surface area contributed by atoms with Crippen molar-refractivity contribution >= 4 is 124 Å². The molecule has 9 aromatic carbocycles. The van der Waals surface area contributed by atoms with Gasteiger partial charge < -0.3 is 28.4 Å². The number of furan rings is 2. The molecule has 7 heteroatoms. The number of para-hydroxylation sites is 4. The van der Waals surface area contributed by atoms with Gasteiger partial charge in [0, 0.05) is 67.1 Å². The van der Waals surface area contributed by atoms with Crippen LogP contribution >= 0.6 is 0 Å². The van der Waals surface area contributed by atoms with E-state index in [-0.39, 0.29) is 28.6 Å². The first-order chi connectivity index (χ1) is 38.1. The van der Waals surface area contributed by atoms with Crippen molar-refractivity contribution < 1.29 is 8.83 Å². The van der Waals surface area contributed by atoms with Crippen LogP contribution in [0.4, 0.5) is 56.9 Å². The molecule has 4 atom stereocenters. The summed E-state index contributed by atoms with van der Waals surface area (Å²) in [6, 6.07) is 69.0. The highest BCUT2D eigenvalue weighted by atomic mass is 16.3. The molecule has 0 saturated heterocycles. The van der Waals surface area contributed by atoms with Gasteiger partial charge >= 0.3 is 0 Å². The smallest absolute Gasteiger partial charge is 0.252 e. The van der Waals surface area contributed by atoms with Crippen LogP contribution in [0.1, 0.15) is 95.8 Å². The third kappa shape index (κ3) is 5.54. The van der Waals surface area contributed by atoms with Crippen molar-refractivity contribution in [2.45, 2.75) is 108 Å². The van der Waals surface area contributed by atoms with Crippen molar-refractivity contribution in [1.29, 1.82) is 0 Å². The minimum absolute atomic E-state index is 0.0198. The molecule has 2 fully saturated rings. The van der Waals surface area contributed by atoms with Crippen molar-refractivity contribution in [3.63, 3.8) is 0 Å². The van der Waals surface area contributed by atoms with Crippen LogP contribution in [0.5, 0.6) is 0 Å². The molecular formula is C71H61BN4O2. The molecule has 0 radical (unpaired) electrons. The number of fused-ring (bicyclic) bond motifs is 16.